The number of nitrogens with zero attached hydrogens (tertiary/aromatic N) is 4. The van der Waals surface area contributed by atoms with Gasteiger partial charge in [0, 0.05) is 11.1 Å². The molecule has 0 amide bonds. The minimum absolute atomic E-state index is 0.0486. The fourth-order valence-corrected chi connectivity index (χ4v) is 3.90. The number of non-ortho nitro benzene ring substituents is 1. The second-order valence-corrected chi connectivity index (χ2v) is 9.30. The molecule has 35 heavy (non-hydrogen) atoms. The number of hydrogen-bond donors (Lipinski definition) is 2. The average molecular weight is 517 g/mol. The molecule has 0 saturated heterocycles. The molecule has 12 nitrogen and oxygen atoms in total. The molecule has 0 atom stereocenters. The lowest BCUT2D eigenvalue weighted by Gasteiger charge is -2.07. The van der Waals surface area contributed by atoms with Crippen LogP contribution in [-0.2, 0) is 9.84 Å². The van der Waals surface area contributed by atoms with Crippen molar-refractivity contribution in [3.63, 3.8) is 0 Å². The Balaban J connectivity index is 1.95. The number of anilines is 2. The predicted molar refractivity (Wildman–Crippen MR) is 133 cm³/mol. The fourth-order valence-electron chi connectivity index (χ4n) is 2.68. The number of sulfone groups is 1. The molecule has 0 spiro atoms. The van der Waals surface area contributed by atoms with Gasteiger partial charge in [0.25, 0.3) is 5.69 Å². The van der Waals surface area contributed by atoms with Gasteiger partial charge in [-0.3, -0.25) is 31.1 Å². The molecule has 0 unspecified atom stereocenters. The van der Waals surface area contributed by atoms with E-state index >= 15 is 0 Å². The lowest BCUT2D eigenvalue weighted by molar-refractivity contribution is -0.393. The van der Waals surface area contributed by atoms with Crippen LogP contribution in [0.2, 0.25) is 5.02 Å². The molecular weight excluding hydrogens is 500 g/mol. The van der Waals surface area contributed by atoms with Crippen molar-refractivity contribution in [3.8, 4) is 0 Å². The SMILES string of the molecule is Cc1ccc(S(=O)(=O)C(/C=N\Nc2ccc([N+](=O)[O-])cc2[N+](=O)[O-])=N\Nc2ccc(Cl)cc2)cc1. The van der Waals surface area contributed by atoms with Crippen LogP contribution in [-0.4, -0.2) is 29.5 Å². The lowest BCUT2D eigenvalue weighted by Crippen LogP contribution is -2.19. The van der Waals surface area contributed by atoms with E-state index in [1.54, 1.807) is 43.3 Å². The highest BCUT2D eigenvalue weighted by molar-refractivity contribution is 8.08. The molecule has 0 aliphatic rings. The van der Waals surface area contributed by atoms with Crippen LogP contribution in [0.1, 0.15) is 5.56 Å². The standard InChI is InChI=1S/C21H17ClN6O6S/c1-14-2-9-18(10-3-14)35(33,34)21(26-24-16-6-4-15(22)5-7-16)13-23-25-19-11-8-17(27(29)30)12-20(19)28(31)32/h2-13,24-25H,1H3/b23-13-,26-21-. The monoisotopic (exact) mass is 516 g/mol. The Bertz CT molecular complexity index is 1420. The van der Waals surface area contributed by atoms with Gasteiger partial charge in [-0.1, -0.05) is 29.3 Å². The number of aryl methyl sites for hydroxylation is 1. The van der Waals surface area contributed by atoms with Crippen LogP contribution >= 0.6 is 11.6 Å². The summed E-state index contributed by atoms with van der Waals surface area (Å²) < 4.78 is 26.3. The van der Waals surface area contributed by atoms with Gasteiger partial charge in [0.15, 0.2) is 5.04 Å². The van der Waals surface area contributed by atoms with Gasteiger partial charge >= 0.3 is 5.69 Å². The average Bonchev–Trinajstić information content (AvgIpc) is 2.82. The Kier molecular flexibility index (Phi) is 7.73. The highest BCUT2D eigenvalue weighted by Gasteiger charge is 2.23. The molecule has 0 aliphatic carbocycles. The molecule has 0 heterocycles. The highest BCUT2D eigenvalue weighted by Crippen LogP contribution is 2.29. The number of rotatable bonds is 8. The summed E-state index contributed by atoms with van der Waals surface area (Å²) in [7, 11) is -4.15. The van der Waals surface area contributed by atoms with Crippen LogP contribution in [0.5, 0.6) is 0 Å². The summed E-state index contributed by atoms with van der Waals surface area (Å²) in [6, 6.07) is 15.3. The fraction of sp³-hybridized carbons (Fsp3) is 0.0476. The number of nitro benzene ring substituents is 2. The van der Waals surface area contributed by atoms with Gasteiger partial charge in [-0.15, -0.1) is 0 Å². The number of halogens is 1. The van der Waals surface area contributed by atoms with Crippen molar-refractivity contribution >= 4 is 55.4 Å². The largest absolute Gasteiger partial charge is 0.301 e. The third-order valence-corrected chi connectivity index (χ3v) is 6.39. The van der Waals surface area contributed by atoms with E-state index in [1.807, 2.05) is 0 Å². The second kappa shape index (κ2) is 10.7. The zero-order valence-corrected chi connectivity index (χ0v) is 19.5. The molecule has 3 rings (SSSR count). The van der Waals surface area contributed by atoms with Gasteiger partial charge in [0.2, 0.25) is 9.84 Å². The van der Waals surface area contributed by atoms with E-state index in [1.165, 1.54) is 12.1 Å². The summed E-state index contributed by atoms with van der Waals surface area (Å²) in [6.07, 6.45) is 0.864. The Morgan fingerprint density at radius 2 is 1.60 bits per heavy atom. The first kappa shape index (κ1) is 25.3. The molecule has 2 N–H and O–H groups in total. The van der Waals surface area contributed by atoms with Crippen LogP contribution in [0.3, 0.4) is 0 Å². The third kappa shape index (κ3) is 6.37. The van der Waals surface area contributed by atoms with Crippen molar-refractivity contribution in [2.45, 2.75) is 11.8 Å². The summed E-state index contributed by atoms with van der Waals surface area (Å²) in [6.45, 7) is 1.80. The Morgan fingerprint density at radius 3 is 2.20 bits per heavy atom. The summed E-state index contributed by atoms with van der Waals surface area (Å²) in [5, 5.41) is 29.9. The minimum atomic E-state index is -4.15. The third-order valence-electron chi connectivity index (χ3n) is 4.49. The normalized spacial score (nSPS) is 11.9. The predicted octanol–water partition coefficient (Wildman–Crippen LogP) is 4.76. The molecule has 0 aliphatic heterocycles. The molecule has 0 saturated carbocycles. The van der Waals surface area contributed by atoms with Crippen molar-refractivity contribution in [3.05, 3.63) is 97.5 Å². The van der Waals surface area contributed by atoms with Crippen LogP contribution in [0.4, 0.5) is 22.7 Å². The molecule has 180 valence electrons. The zero-order chi connectivity index (χ0) is 25.6. The van der Waals surface area contributed by atoms with Gasteiger partial charge in [0.05, 0.1) is 32.7 Å². The maximum atomic E-state index is 13.2. The Morgan fingerprint density at radius 1 is 0.943 bits per heavy atom. The molecule has 3 aromatic rings. The smallest absolute Gasteiger partial charge is 0.277 e. The molecule has 14 heteroatoms. The van der Waals surface area contributed by atoms with E-state index < -0.39 is 36.1 Å². The second-order valence-electron chi connectivity index (χ2n) is 6.97. The van der Waals surface area contributed by atoms with Crippen LogP contribution in [0, 0.1) is 27.2 Å². The quantitative estimate of drug-likeness (QED) is 0.187. The first-order chi connectivity index (χ1) is 16.6. The number of benzene rings is 3. The van der Waals surface area contributed by atoms with E-state index in [0.29, 0.717) is 10.7 Å². The van der Waals surface area contributed by atoms with E-state index in [9.17, 15) is 28.6 Å². The van der Waals surface area contributed by atoms with Crippen LogP contribution in [0.15, 0.2) is 81.8 Å². The Hall–Kier alpha value is -4.36. The number of nitro groups is 2. The van der Waals surface area contributed by atoms with Crippen LogP contribution in [0.25, 0.3) is 0 Å². The maximum Gasteiger partial charge on any atom is 0.301 e. The van der Waals surface area contributed by atoms with Crippen molar-refractivity contribution in [1.29, 1.82) is 0 Å². The summed E-state index contributed by atoms with van der Waals surface area (Å²) in [5.74, 6) is 0. The number of nitrogens with one attached hydrogen (secondary N) is 2. The van der Waals surface area contributed by atoms with Gasteiger partial charge in [0.1, 0.15) is 5.69 Å². The van der Waals surface area contributed by atoms with Crippen molar-refractivity contribution in [1.82, 2.24) is 0 Å². The highest BCUT2D eigenvalue weighted by atomic mass is 35.5. The van der Waals surface area contributed by atoms with Gasteiger partial charge < -0.3 is 0 Å². The summed E-state index contributed by atoms with van der Waals surface area (Å²) in [5.41, 5.74) is 4.96. The summed E-state index contributed by atoms with van der Waals surface area (Å²) in [4.78, 5) is 20.5. The Labute approximate surface area is 204 Å². The lowest BCUT2D eigenvalue weighted by atomic mass is 10.2. The van der Waals surface area contributed by atoms with Crippen molar-refractivity contribution in [2.24, 2.45) is 10.2 Å². The zero-order valence-electron chi connectivity index (χ0n) is 18.0. The van der Waals surface area contributed by atoms with Crippen LogP contribution < -0.4 is 10.9 Å². The molecule has 0 aromatic heterocycles. The van der Waals surface area contributed by atoms with Gasteiger partial charge in [-0.25, -0.2) is 8.42 Å². The molecule has 0 fully saturated rings. The summed E-state index contributed by atoms with van der Waals surface area (Å²) >= 11 is 5.85. The first-order valence-electron chi connectivity index (χ1n) is 9.71. The van der Waals surface area contributed by atoms with E-state index in [4.69, 9.17) is 11.6 Å². The van der Waals surface area contributed by atoms with Gasteiger partial charge in [-0.05, 0) is 49.4 Å². The topological polar surface area (TPSA) is 169 Å². The van der Waals surface area contributed by atoms with Crippen molar-refractivity contribution in [2.75, 3.05) is 10.9 Å². The minimum Gasteiger partial charge on any atom is -0.277 e. The number of hydrazone groups is 2. The van der Waals surface area contributed by atoms with E-state index in [2.05, 4.69) is 21.1 Å². The van der Waals surface area contributed by atoms with E-state index in [0.717, 1.165) is 30.0 Å². The van der Waals surface area contributed by atoms with Gasteiger partial charge in [-0.2, -0.15) is 10.2 Å². The number of hydrogen-bond acceptors (Lipinski definition) is 10. The van der Waals surface area contributed by atoms with Crippen molar-refractivity contribution < 1.29 is 18.3 Å². The van der Waals surface area contributed by atoms with E-state index in [-0.39, 0.29) is 10.6 Å². The molecular formula is C21H17ClN6O6S. The molecule has 3 aromatic carbocycles. The first-order valence-corrected chi connectivity index (χ1v) is 11.6. The molecule has 0 bridgehead atoms. The molecule has 0 radical (unpaired) electrons. The maximum absolute atomic E-state index is 13.2.